The summed E-state index contributed by atoms with van der Waals surface area (Å²) in [4.78, 5) is 11.4. The smallest absolute Gasteiger partial charge is 0.307 e. The Morgan fingerprint density at radius 2 is 1.78 bits per heavy atom. The highest BCUT2D eigenvalue weighted by molar-refractivity contribution is 5.70. The van der Waals surface area contributed by atoms with Crippen LogP contribution in [0.5, 0.6) is 0 Å². The van der Waals surface area contributed by atoms with Gasteiger partial charge in [-0.1, -0.05) is 20.8 Å². The van der Waals surface area contributed by atoms with Crippen LogP contribution in [0.3, 0.4) is 0 Å². The van der Waals surface area contributed by atoms with Gasteiger partial charge in [0, 0.05) is 13.1 Å². The van der Waals surface area contributed by atoms with Crippen LogP contribution in [-0.4, -0.2) is 35.9 Å². The fourth-order valence-electron chi connectivity index (χ4n) is 1.63. The van der Waals surface area contributed by atoms with Crippen LogP contribution in [0.1, 0.15) is 54.4 Å². The first kappa shape index (κ1) is 17.4. The van der Waals surface area contributed by atoms with Crippen molar-refractivity contribution < 1.29 is 14.6 Å². The molecule has 0 aromatic carbocycles. The van der Waals surface area contributed by atoms with Gasteiger partial charge in [-0.15, -0.1) is 0 Å². The molecule has 2 N–H and O–H groups in total. The lowest BCUT2D eigenvalue weighted by Crippen LogP contribution is -2.32. The van der Waals surface area contributed by atoms with Gasteiger partial charge in [0.15, 0.2) is 0 Å². The number of carbonyl (C=O) groups excluding carboxylic acids is 1. The molecule has 0 aliphatic heterocycles. The Labute approximate surface area is 111 Å². The van der Waals surface area contributed by atoms with Gasteiger partial charge in [0.1, 0.15) is 5.60 Å². The molecule has 0 rings (SSSR count). The summed E-state index contributed by atoms with van der Waals surface area (Å²) in [7, 11) is 0. The highest BCUT2D eigenvalue weighted by Crippen LogP contribution is 2.20. The molecule has 0 radical (unpaired) electrons. The van der Waals surface area contributed by atoms with Gasteiger partial charge in [-0.05, 0) is 32.6 Å². The third-order valence-electron chi connectivity index (χ3n) is 2.15. The molecule has 0 fully saturated rings. The molecule has 0 aliphatic rings. The van der Waals surface area contributed by atoms with Crippen molar-refractivity contribution >= 4 is 5.97 Å². The highest BCUT2D eigenvalue weighted by atomic mass is 16.6. The van der Waals surface area contributed by atoms with Crippen molar-refractivity contribution in [3.63, 3.8) is 0 Å². The second-order valence-electron chi connectivity index (χ2n) is 6.96. The summed E-state index contributed by atoms with van der Waals surface area (Å²) >= 11 is 0. The number of rotatable bonds is 6. The lowest BCUT2D eigenvalue weighted by molar-refractivity contribution is -0.154. The van der Waals surface area contributed by atoms with E-state index in [0.717, 1.165) is 6.42 Å². The standard InChI is InChI=1S/C14H29NO3/c1-13(2,3)9-11(16)10-15-8-7-12(17)18-14(4,5)6/h11,15-16H,7-10H2,1-6H3. The molecular formula is C14H29NO3. The van der Waals surface area contributed by atoms with Crippen molar-refractivity contribution in [2.45, 2.75) is 66.1 Å². The summed E-state index contributed by atoms with van der Waals surface area (Å²) in [6.07, 6.45) is 0.704. The molecule has 0 saturated heterocycles. The number of esters is 1. The Hall–Kier alpha value is -0.610. The second kappa shape index (κ2) is 7.10. The third kappa shape index (κ3) is 11.9. The maximum absolute atomic E-state index is 11.4. The number of carbonyl (C=O) groups is 1. The maximum atomic E-state index is 11.4. The van der Waals surface area contributed by atoms with E-state index in [-0.39, 0.29) is 17.5 Å². The zero-order valence-corrected chi connectivity index (χ0v) is 12.7. The lowest BCUT2D eigenvalue weighted by Gasteiger charge is -2.22. The van der Waals surface area contributed by atoms with E-state index >= 15 is 0 Å². The SMILES string of the molecule is CC(C)(C)CC(O)CNCCC(=O)OC(C)(C)C. The van der Waals surface area contributed by atoms with Crippen LogP contribution < -0.4 is 5.32 Å². The van der Waals surface area contributed by atoms with E-state index in [0.29, 0.717) is 19.5 Å². The Bertz CT molecular complexity index is 251. The first-order valence-corrected chi connectivity index (χ1v) is 6.60. The molecule has 0 spiro atoms. The molecule has 0 bridgehead atoms. The topological polar surface area (TPSA) is 58.6 Å². The van der Waals surface area contributed by atoms with Crippen molar-refractivity contribution in [3.8, 4) is 0 Å². The largest absolute Gasteiger partial charge is 0.460 e. The Kier molecular flexibility index (Phi) is 6.86. The summed E-state index contributed by atoms with van der Waals surface area (Å²) in [5, 5.41) is 12.8. The van der Waals surface area contributed by atoms with Crippen LogP contribution in [-0.2, 0) is 9.53 Å². The van der Waals surface area contributed by atoms with E-state index in [1.54, 1.807) is 0 Å². The summed E-state index contributed by atoms with van der Waals surface area (Å²) in [5.41, 5.74) is -0.310. The lowest BCUT2D eigenvalue weighted by atomic mass is 9.89. The Morgan fingerprint density at radius 1 is 1.22 bits per heavy atom. The summed E-state index contributed by atoms with van der Waals surface area (Å²) in [5.74, 6) is -0.208. The first-order chi connectivity index (χ1) is 7.99. The maximum Gasteiger partial charge on any atom is 0.307 e. The van der Waals surface area contributed by atoms with Crippen LogP contribution in [0.25, 0.3) is 0 Å². The summed E-state index contributed by atoms with van der Waals surface area (Å²) < 4.78 is 5.18. The molecule has 0 amide bonds. The van der Waals surface area contributed by atoms with Crippen molar-refractivity contribution in [2.75, 3.05) is 13.1 Å². The van der Waals surface area contributed by atoms with E-state index < -0.39 is 5.60 Å². The molecule has 0 aromatic rings. The molecule has 0 saturated carbocycles. The average molecular weight is 259 g/mol. The second-order valence-corrected chi connectivity index (χ2v) is 6.96. The normalized spacial score (nSPS) is 14.4. The van der Waals surface area contributed by atoms with Crippen molar-refractivity contribution in [2.24, 2.45) is 5.41 Å². The van der Waals surface area contributed by atoms with Crippen molar-refractivity contribution in [1.29, 1.82) is 0 Å². The number of hydrogen-bond acceptors (Lipinski definition) is 4. The van der Waals surface area contributed by atoms with Gasteiger partial charge in [0.2, 0.25) is 0 Å². The van der Waals surface area contributed by atoms with Gasteiger partial charge in [-0.2, -0.15) is 0 Å². The Balaban J connectivity index is 3.65. The molecule has 1 atom stereocenters. The molecule has 4 heteroatoms. The van der Waals surface area contributed by atoms with Crippen molar-refractivity contribution in [1.82, 2.24) is 5.32 Å². The van der Waals surface area contributed by atoms with Crippen LogP contribution in [0.15, 0.2) is 0 Å². The zero-order valence-electron chi connectivity index (χ0n) is 12.7. The number of nitrogens with one attached hydrogen (secondary N) is 1. The van der Waals surface area contributed by atoms with E-state index in [1.807, 2.05) is 20.8 Å². The van der Waals surface area contributed by atoms with Gasteiger partial charge in [-0.3, -0.25) is 4.79 Å². The van der Waals surface area contributed by atoms with Gasteiger partial charge in [0.05, 0.1) is 12.5 Å². The molecule has 0 aromatic heterocycles. The first-order valence-electron chi connectivity index (χ1n) is 6.60. The molecule has 108 valence electrons. The molecular weight excluding hydrogens is 230 g/mol. The third-order valence-corrected chi connectivity index (χ3v) is 2.15. The number of hydrogen-bond donors (Lipinski definition) is 2. The summed E-state index contributed by atoms with van der Waals surface area (Å²) in [6.45, 7) is 12.9. The fraction of sp³-hybridized carbons (Fsp3) is 0.929. The van der Waals surface area contributed by atoms with E-state index in [2.05, 4.69) is 26.1 Å². The van der Waals surface area contributed by atoms with Gasteiger partial charge < -0.3 is 15.2 Å². The van der Waals surface area contributed by atoms with Gasteiger partial charge in [-0.25, -0.2) is 0 Å². The van der Waals surface area contributed by atoms with Crippen LogP contribution in [0.2, 0.25) is 0 Å². The van der Waals surface area contributed by atoms with Gasteiger partial charge >= 0.3 is 5.97 Å². The van der Waals surface area contributed by atoms with E-state index in [9.17, 15) is 9.90 Å². The highest BCUT2D eigenvalue weighted by Gasteiger charge is 2.17. The van der Waals surface area contributed by atoms with Gasteiger partial charge in [0.25, 0.3) is 0 Å². The molecule has 4 nitrogen and oxygen atoms in total. The van der Waals surface area contributed by atoms with E-state index in [1.165, 1.54) is 0 Å². The van der Waals surface area contributed by atoms with Crippen molar-refractivity contribution in [3.05, 3.63) is 0 Å². The zero-order chi connectivity index (χ0) is 14.4. The van der Waals surface area contributed by atoms with Crippen LogP contribution >= 0.6 is 0 Å². The summed E-state index contributed by atoms with van der Waals surface area (Å²) in [6, 6.07) is 0. The average Bonchev–Trinajstić information content (AvgIpc) is 2.06. The minimum atomic E-state index is -0.428. The number of ether oxygens (including phenoxy) is 1. The van der Waals surface area contributed by atoms with Crippen LogP contribution in [0, 0.1) is 5.41 Å². The minimum Gasteiger partial charge on any atom is -0.460 e. The Morgan fingerprint density at radius 3 is 2.22 bits per heavy atom. The number of aliphatic hydroxyl groups excluding tert-OH is 1. The quantitative estimate of drug-likeness (QED) is 0.566. The molecule has 0 aliphatic carbocycles. The fourth-order valence-corrected chi connectivity index (χ4v) is 1.63. The molecule has 18 heavy (non-hydrogen) atoms. The number of aliphatic hydroxyl groups is 1. The monoisotopic (exact) mass is 259 g/mol. The van der Waals surface area contributed by atoms with E-state index in [4.69, 9.17) is 4.74 Å². The molecule has 1 unspecified atom stereocenters. The predicted molar refractivity (Wildman–Crippen MR) is 73.4 cm³/mol. The van der Waals surface area contributed by atoms with Crippen LogP contribution in [0.4, 0.5) is 0 Å². The molecule has 0 heterocycles. The predicted octanol–water partition coefficient (Wildman–Crippen LogP) is 2.10. The minimum absolute atomic E-state index is 0.117.